The molecule has 120 valence electrons. The van der Waals surface area contributed by atoms with Crippen LogP contribution in [0.25, 0.3) is 0 Å². The summed E-state index contributed by atoms with van der Waals surface area (Å²) in [6.45, 7) is 2.43. The van der Waals surface area contributed by atoms with E-state index < -0.39 is 11.7 Å². The summed E-state index contributed by atoms with van der Waals surface area (Å²) in [5.74, 6) is -1.36. The minimum absolute atomic E-state index is 0.0487. The summed E-state index contributed by atoms with van der Waals surface area (Å²) in [5.41, 5.74) is -0.389. The van der Waals surface area contributed by atoms with E-state index in [4.69, 9.17) is 4.74 Å². The summed E-state index contributed by atoms with van der Waals surface area (Å²) in [5, 5.41) is 15.5. The van der Waals surface area contributed by atoms with Crippen LogP contribution in [0.4, 0.5) is 4.39 Å². The van der Waals surface area contributed by atoms with E-state index in [1.807, 2.05) is 0 Å². The highest BCUT2D eigenvalue weighted by Crippen LogP contribution is 2.33. The number of carbonyl (C=O) groups excluding carboxylic acids is 1. The molecule has 1 spiro atoms. The molecule has 1 amide bonds. The summed E-state index contributed by atoms with van der Waals surface area (Å²) in [4.78, 5) is 12.4. The van der Waals surface area contributed by atoms with Crippen LogP contribution in [-0.2, 0) is 4.74 Å². The molecule has 0 radical (unpaired) electrons. The molecule has 0 saturated carbocycles. The number of hydrogen-bond acceptors (Lipinski definition) is 4. The number of piperidine rings is 1. The van der Waals surface area contributed by atoms with Gasteiger partial charge in [0.1, 0.15) is 11.6 Å². The zero-order chi connectivity index (χ0) is 15.6. The molecule has 0 aromatic heterocycles. The highest BCUT2D eigenvalue weighted by molar-refractivity contribution is 5.94. The molecule has 2 aliphatic heterocycles. The minimum Gasteiger partial charge on any atom is -0.508 e. The van der Waals surface area contributed by atoms with Crippen molar-refractivity contribution in [2.45, 2.75) is 37.3 Å². The first-order valence-electron chi connectivity index (χ1n) is 7.75. The van der Waals surface area contributed by atoms with Crippen LogP contribution >= 0.6 is 0 Å². The van der Waals surface area contributed by atoms with Crippen LogP contribution in [0.5, 0.6) is 5.75 Å². The number of nitrogens with one attached hydrogen (secondary N) is 2. The van der Waals surface area contributed by atoms with Gasteiger partial charge in [-0.15, -0.1) is 0 Å². The van der Waals surface area contributed by atoms with Crippen LogP contribution in [0, 0.1) is 5.82 Å². The largest absolute Gasteiger partial charge is 0.508 e. The maximum Gasteiger partial charge on any atom is 0.254 e. The van der Waals surface area contributed by atoms with E-state index in [0.717, 1.165) is 44.8 Å². The first-order chi connectivity index (χ1) is 10.6. The molecule has 22 heavy (non-hydrogen) atoms. The number of halogens is 1. The van der Waals surface area contributed by atoms with Gasteiger partial charge in [0.15, 0.2) is 0 Å². The maximum atomic E-state index is 13.8. The molecule has 2 saturated heterocycles. The molecule has 3 rings (SSSR count). The molecule has 1 unspecified atom stereocenters. The van der Waals surface area contributed by atoms with Crippen LogP contribution in [-0.4, -0.2) is 42.4 Å². The van der Waals surface area contributed by atoms with Gasteiger partial charge in [0, 0.05) is 12.7 Å². The number of carbonyl (C=O) groups is 1. The fourth-order valence-corrected chi connectivity index (χ4v) is 3.40. The van der Waals surface area contributed by atoms with Crippen LogP contribution in [0.3, 0.4) is 0 Å². The zero-order valence-corrected chi connectivity index (χ0v) is 12.4. The first-order valence-corrected chi connectivity index (χ1v) is 7.75. The standard InChI is InChI=1S/C16H21FN2O3/c17-13-10-11(20)3-4-12(13)15(21)19-14-2-1-9-22-16(14)5-7-18-8-6-16/h3-4,10,14,18,20H,1-2,5-9H2,(H,19,21). The first kappa shape index (κ1) is 15.2. The van der Waals surface area contributed by atoms with E-state index in [1.54, 1.807) is 0 Å². The molecule has 0 bridgehead atoms. The van der Waals surface area contributed by atoms with Crippen LogP contribution in [0.1, 0.15) is 36.0 Å². The normalized spacial score (nSPS) is 24.1. The second-order valence-electron chi connectivity index (χ2n) is 6.00. The Kier molecular flexibility index (Phi) is 4.31. The van der Waals surface area contributed by atoms with Gasteiger partial charge in [-0.3, -0.25) is 4.79 Å². The topological polar surface area (TPSA) is 70.6 Å². The Balaban J connectivity index is 1.76. The molecule has 2 aliphatic rings. The van der Waals surface area contributed by atoms with Crippen LogP contribution in [0.15, 0.2) is 18.2 Å². The molecule has 5 nitrogen and oxygen atoms in total. The number of rotatable bonds is 2. The molecular formula is C16H21FN2O3. The third-order valence-electron chi connectivity index (χ3n) is 4.61. The third kappa shape index (κ3) is 2.94. The van der Waals surface area contributed by atoms with Crippen molar-refractivity contribution in [1.29, 1.82) is 0 Å². The highest BCUT2D eigenvalue weighted by Gasteiger charge is 2.43. The van der Waals surface area contributed by atoms with Gasteiger partial charge in [-0.1, -0.05) is 0 Å². The Hall–Kier alpha value is -1.66. The molecule has 0 aliphatic carbocycles. The lowest BCUT2D eigenvalue weighted by Crippen LogP contribution is -2.60. The second-order valence-corrected chi connectivity index (χ2v) is 6.00. The molecule has 1 aromatic carbocycles. The van der Waals surface area contributed by atoms with Gasteiger partial charge < -0.3 is 20.5 Å². The van der Waals surface area contributed by atoms with Gasteiger partial charge in [-0.2, -0.15) is 0 Å². The smallest absolute Gasteiger partial charge is 0.254 e. The van der Waals surface area contributed by atoms with Gasteiger partial charge in [-0.05, 0) is 50.9 Å². The summed E-state index contributed by atoms with van der Waals surface area (Å²) in [7, 11) is 0. The second kappa shape index (κ2) is 6.22. The van der Waals surface area contributed by atoms with Gasteiger partial charge in [0.25, 0.3) is 5.91 Å². The molecule has 3 N–H and O–H groups in total. The van der Waals surface area contributed by atoms with Crippen molar-refractivity contribution in [1.82, 2.24) is 10.6 Å². The van der Waals surface area contributed by atoms with E-state index in [9.17, 15) is 14.3 Å². The Morgan fingerprint density at radius 3 is 2.91 bits per heavy atom. The molecule has 2 heterocycles. The lowest BCUT2D eigenvalue weighted by atomic mass is 9.80. The predicted octanol–water partition coefficient (Wildman–Crippen LogP) is 1.56. The SMILES string of the molecule is O=C(NC1CCCOC12CCNCC2)c1ccc(O)cc1F. The number of ether oxygens (including phenoxy) is 1. The van der Waals surface area contributed by atoms with E-state index in [0.29, 0.717) is 6.61 Å². The number of amides is 1. The summed E-state index contributed by atoms with van der Waals surface area (Å²) in [6.07, 6.45) is 3.41. The molecule has 6 heteroatoms. The van der Waals surface area contributed by atoms with Gasteiger partial charge in [0.2, 0.25) is 0 Å². The lowest BCUT2D eigenvalue weighted by molar-refractivity contribution is -0.114. The van der Waals surface area contributed by atoms with Crippen molar-refractivity contribution in [3.05, 3.63) is 29.6 Å². The number of phenols is 1. The quantitative estimate of drug-likeness (QED) is 0.775. The molecule has 2 fully saturated rings. The van der Waals surface area contributed by atoms with Crippen molar-refractivity contribution in [2.24, 2.45) is 0 Å². The van der Waals surface area contributed by atoms with Crippen molar-refractivity contribution >= 4 is 5.91 Å². The van der Waals surface area contributed by atoms with Crippen molar-refractivity contribution < 1.29 is 19.0 Å². The number of phenolic OH excluding ortho intramolecular Hbond substituents is 1. The number of benzene rings is 1. The monoisotopic (exact) mass is 308 g/mol. The fraction of sp³-hybridized carbons (Fsp3) is 0.562. The van der Waals surface area contributed by atoms with E-state index in [1.165, 1.54) is 12.1 Å². The van der Waals surface area contributed by atoms with Gasteiger partial charge >= 0.3 is 0 Å². The Bertz CT molecular complexity index is 550. The predicted molar refractivity (Wildman–Crippen MR) is 79.3 cm³/mol. The van der Waals surface area contributed by atoms with Gasteiger partial charge in [-0.25, -0.2) is 4.39 Å². The average Bonchev–Trinajstić information content (AvgIpc) is 2.50. The minimum atomic E-state index is -0.714. The highest BCUT2D eigenvalue weighted by atomic mass is 19.1. The average molecular weight is 308 g/mol. The number of hydrogen-bond donors (Lipinski definition) is 3. The lowest BCUT2D eigenvalue weighted by Gasteiger charge is -2.46. The Labute approximate surface area is 128 Å². The number of aromatic hydroxyl groups is 1. The molecule has 1 atom stereocenters. The summed E-state index contributed by atoms with van der Waals surface area (Å²) in [6, 6.07) is 3.46. The third-order valence-corrected chi connectivity index (χ3v) is 4.61. The van der Waals surface area contributed by atoms with E-state index in [2.05, 4.69) is 10.6 Å². The summed E-state index contributed by atoms with van der Waals surface area (Å²) >= 11 is 0. The Morgan fingerprint density at radius 2 is 2.18 bits per heavy atom. The van der Waals surface area contributed by atoms with Crippen molar-refractivity contribution in [3.8, 4) is 5.75 Å². The molecular weight excluding hydrogens is 287 g/mol. The van der Waals surface area contributed by atoms with Crippen LogP contribution in [0.2, 0.25) is 0 Å². The van der Waals surface area contributed by atoms with Crippen LogP contribution < -0.4 is 10.6 Å². The van der Waals surface area contributed by atoms with Crippen molar-refractivity contribution in [2.75, 3.05) is 19.7 Å². The van der Waals surface area contributed by atoms with Gasteiger partial charge in [0.05, 0.1) is 17.2 Å². The van der Waals surface area contributed by atoms with E-state index in [-0.39, 0.29) is 23.0 Å². The maximum absolute atomic E-state index is 13.8. The summed E-state index contributed by atoms with van der Waals surface area (Å²) < 4.78 is 19.8. The Morgan fingerprint density at radius 1 is 1.41 bits per heavy atom. The van der Waals surface area contributed by atoms with Crippen molar-refractivity contribution in [3.63, 3.8) is 0 Å². The fourth-order valence-electron chi connectivity index (χ4n) is 3.40. The molecule has 1 aromatic rings. The zero-order valence-electron chi connectivity index (χ0n) is 12.4. The van der Waals surface area contributed by atoms with E-state index >= 15 is 0 Å².